The Morgan fingerprint density at radius 1 is 1.03 bits per heavy atom. The summed E-state index contributed by atoms with van der Waals surface area (Å²) >= 11 is 0. The van der Waals surface area contributed by atoms with Gasteiger partial charge in [0.05, 0.1) is 12.1 Å². The highest BCUT2D eigenvalue weighted by molar-refractivity contribution is 5.86. The third kappa shape index (κ3) is 5.38. The van der Waals surface area contributed by atoms with Crippen LogP contribution < -0.4 is 9.64 Å². The predicted molar refractivity (Wildman–Crippen MR) is 134 cm³/mol. The van der Waals surface area contributed by atoms with Crippen molar-refractivity contribution in [2.75, 3.05) is 18.0 Å². The number of hydrogen-bond acceptors (Lipinski definition) is 5. The Labute approximate surface area is 201 Å². The molecular formula is C28H33N3O3. The van der Waals surface area contributed by atoms with Crippen LogP contribution in [0, 0.1) is 19.3 Å². The molecule has 0 atom stereocenters. The number of carboxylic acids is 1. The molecule has 2 aromatic heterocycles. The second kappa shape index (κ2) is 9.84. The highest BCUT2D eigenvalue weighted by Crippen LogP contribution is 2.41. The Morgan fingerprint density at radius 3 is 2.29 bits per heavy atom. The van der Waals surface area contributed by atoms with Crippen molar-refractivity contribution in [3.05, 3.63) is 71.3 Å². The van der Waals surface area contributed by atoms with Crippen LogP contribution in [0.1, 0.15) is 49.2 Å². The van der Waals surface area contributed by atoms with Crippen molar-refractivity contribution in [2.45, 2.75) is 53.6 Å². The van der Waals surface area contributed by atoms with Crippen LogP contribution in [0.2, 0.25) is 0 Å². The van der Waals surface area contributed by atoms with Crippen LogP contribution in [0.3, 0.4) is 0 Å². The molecule has 4 rings (SSSR count). The molecule has 1 N–H and O–H groups in total. The number of aliphatic carboxylic acids is 1. The van der Waals surface area contributed by atoms with Gasteiger partial charge in [0.15, 0.2) is 0 Å². The van der Waals surface area contributed by atoms with Crippen molar-refractivity contribution in [2.24, 2.45) is 5.41 Å². The third-order valence-corrected chi connectivity index (χ3v) is 6.72. The van der Waals surface area contributed by atoms with Crippen molar-refractivity contribution in [3.8, 4) is 16.9 Å². The van der Waals surface area contributed by atoms with Gasteiger partial charge < -0.3 is 14.7 Å². The Morgan fingerprint density at radius 2 is 1.68 bits per heavy atom. The van der Waals surface area contributed by atoms with Crippen LogP contribution in [0.5, 0.6) is 5.75 Å². The molecular weight excluding hydrogens is 426 g/mol. The van der Waals surface area contributed by atoms with Crippen molar-refractivity contribution in [1.29, 1.82) is 0 Å². The van der Waals surface area contributed by atoms with E-state index in [0.717, 1.165) is 71.0 Å². The predicted octanol–water partition coefficient (Wildman–Crippen LogP) is 5.59. The van der Waals surface area contributed by atoms with E-state index in [-0.39, 0.29) is 6.42 Å². The zero-order chi connectivity index (χ0) is 24.3. The minimum atomic E-state index is -0.835. The van der Waals surface area contributed by atoms with Crippen LogP contribution in [-0.4, -0.2) is 34.1 Å². The first kappa shape index (κ1) is 23.7. The SMILES string of the molecule is Cc1nc(C)c(-c2ccc(OCc3ccncc3)cc2)c(N2CCC(C)(C)CC2)c1CC(=O)O. The largest absolute Gasteiger partial charge is 0.489 e. The number of hydrogen-bond donors (Lipinski definition) is 1. The summed E-state index contributed by atoms with van der Waals surface area (Å²) in [5, 5.41) is 9.65. The fourth-order valence-electron chi connectivity index (χ4n) is 4.63. The van der Waals surface area contributed by atoms with Gasteiger partial charge in [0.2, 0.25) is 0 Å². The maximum atomic E-state index is 11.8. The van der Waals surface area contributed by atoms with Crippen LogP contribution >= 0.6 is 0 Å². The van der Waals surface area contributed by atoms with Crippen LogP contribution in [-0.2, 0) is 17.8 Å². The zero-order valence-corrected chi connectivity index (χ0v) is 20.5. The lowest BCUT2D eigenvalue weighted by atomic mass is 9.82. The molecule has 178 valence electrons. The van der Waals surface area contributed by atoms with E-state index >= 15 is 0 Å². The Hall–Kier alpha value is -3.41. The molecule has 1 fully saturated rings. The van der Waals surface area contributed by atoms with Crippen molar-refractivity contribution >= 4 is 11.7 Å². The topological polar surface area (TPSA) is 75.6 Å². The third-order valence-electron chi connectivity index (χ3n) is 6.72. The molecule has 1 aromatic carbocycles. The smallest absolute Gasteiger partial charge is 0.307 e. The minimum Gasteiger partial charge on any atom is -0.489 e. The van der Waals surface area contributed by atoms with Gasteiger partial charge in [-0.3, -0.25) is 14.8 Å². The quantitative estimate of drug-likeness (QED) is 0.496. The van der Waals surface area contributed by atoms with Gasteiger partial charge in [-0.05, 0) is 67.5 Å². The van der Waals surface area contributed by atoms with E-state index in [4.69, 9.17) is 9.72 Å². The van der Waals surface area contributed by atoms with Gasteiger partial charge >= 0.3 is 5.97 Å². The molecule has 3 heterocycles. The average Bonchev–Trinajstić information content (AvgIpc) is 2.80. The summed E-state index contributed by atoms with van der Waals surface area (Å²) in [6, 6.07) is 11.9. The fraction of sp³-hybridized carbons (Fsp3) is 0.393. The highest BCUT2D eigenvalue weighted by atomic mass is 16.5. The first-order chi connectivity index (χ1) is 16.2. The molecule has 6 heteroatoms. The molecule has 3 aromatic rings. The summed E-state index contributed by atoms with van der Waals surface area (Å²) in [6.07, 6.45) is 5.62. The van der Waals surface area contributed by atoms with Gasteiger partial charge in [-0.15, -0.1) is 0 Å². The van der Waals surface area contributed by atoms with E-state index in [1.165, 1.54) is 0 Å². The van der Waals surface area contributed by atoms with Gasteiger partial charge in [-0.2, -0.15) is 0 Å². The number of carbonyl (C=O) groups is 1. The number of aryl methyl sites for hydroxylation is 2. The van der Waals surface area contributed by atoms with Crippen LogP contribution in [0.25, 0.3) is 11.1 Å². The fourth-order valence-corrected chi connectivity index (χ4v) is 4.63. The molecule has 0 spiro atoms. The lowest BCUT2D eigenvalue weighted by molar-refractivity contribution is -0.136. The summed E-state index contributed by atoms with van der Waals surface area (Å²) in [5.74, 6) is -0.0523. The van der Waals surface area contributed by atoms with E-state index < -0.39 is 5.97 Å². The molecule has 6 nitrogen and oxygen atoms in total. The number of benzene rings is 1. The summed E-state index contributed by atoms with van der Waals surface area (Å²) in [6.45, 7) is 10.8. The Balaban J connectivity index is 1.69. The normalized spacial score (nSPS) is 15.2. The number of rotatable bonds is 7. The van der Waals surface area contributed by atoms with E-state index in [1.54, 1.807) is 12.4 Å². The maximum absolute atomic E-state index is 11.8. The summed E-state index contributed by atoms with van der Waals surface area (Å²) in [5.41, 5.74) is 6.94. The molecule has 0 unspecified atom stereocenters. The molecule has 0 bridgehead atoms. The molecule has 34 heavy (non-hydrogen) atoms. The minimum absolute atomic E-state index is 0.0333. The van der Waals surface area contributed by atoms with E-state index in [9.17, 15) is 9.90 Å². The Bertz CT molecular complexity index is 1150. The molecule has 0 radical (unpaired) electrons. The van der Waals surface area contributed by atoms with E-state index in [0.29, 0.717) is 12.0 Å². The van der Waals surface area contributed by atoms with E-state index in [1.807, 2.05) is 50.2 Å². The zero-order valence-electron chi connectivity index (χ0n) is 20.5. The van der Waals surface area contributed by atoms with Crippen molar-refractivity contribution in [1.82, 2.24) is 9.97 Å². The number of piperidine rings is 1. The highest BCUT2D eigenvalue weighted by Gasteiger charge is 2.30. The first-order valence-corrected chi connectivity index (χ1v) is 11.8. The number of nitrogens with zero attached hydrogens (tertiary/aromatic N) is 3. The molecule has 0 aliphatic carbocycles. The van der Waals surface area contributed by atoms with Crippen molar-refractivity contribution < 1.29 is 14.6 Å². The van der Waals surface area contributed by atoms with Gasteiger partial charge in [0.1, 0.15) is 12.4 Å². The number of ether oxygens (including phenoxy) is 1. The van der Waals surface area contributed by atoms with Gasteiger partial charge in [-0.25, -0.2) is 0 Å². The Kier molecular flexibility index (Phi) is 6.87. The lowest BCUT2D eigenvalue weighted by Crippen LogP contribution is -2.38. The van der Waals surface area contributed by atoms with Gasteiger partial charge in [0.25, 0.3) is 0 Å². The number of anilines is 1. The van der Waals surface area contributed by atoms with Crippen molar-refractivity contribution in [3.63, 3.8) is 0 Å². The molecule has 1 saturated heterocycles. The number of pyridine rings is 2. The summed E-state index contributed by atoms with van der Waals surface area (Å²) in [4.78, 5) is 22.9. The number of carboxylic acid groups (broad SMARTS) is 1. The summed E-state index contributed by atoms with van der Waals surface area (Å²) < 4.78 is 5.95. The standard InChI is InChI=1S/C28H33N3O3/c1-19-24(17-25(32)33)27(31-15-11-28(3,4)12-16-31)26(20(2)30-19)22-5-7-23(8-6-22)34-18-21-9-13-29-14-10-21/h5-10,13-14H,11-12,15-18H2,1-4H3,(H,32,33). The second-order valence-electron chi connectivity index (χ2n) is 9.88. The molecule has 1 aliphatic rings. The van der Waals surface area contributed by atoms with E-state index in [2.05, 4.69) is 23.7 Å². The lowest BCUT2D eigenvalue weighted by Gasteiger charge is -2.40. The average molecular weight is 460 g/mol. The number of aromatic nitrogens is 2. The molecule has 0 saturated carbocycles. The van der Waals surface area contributed by atoms with Crippen LogP contribution in [0.15, 0.2) is 48.8 Å². The first-order valence-electron chi connectivity index (χ1n) is 11.8. The van der Waals surface area contributed by atoms with Crippen LogP contribution in [0.4, 0.5) is 5.69 Å². The second-order valence-corrected chi connectivity index (χ2v) is 9.88. The maximum Gasteiger partial charge on any atom is 0.307 e. The molecule has 1 aliphatic heterocycles. The van der Waals surface area contributed by atoms with Gasteiger partial charge in [0, 0.05) is 48.0 Å². The molecule has 0 amide bonds. The summed E-state index contributed by atoms with van der Waals surface area (Å²) in [7, 11) is 0. The monoisotopic (exact) mass is 459 g/mol. The van der Waals surface area contributed by atoms with Gasteiger partial charge in [-0.1, -0.05) is 26.0 Å².